The number of aliphatic carboxylic acids is 3. The van der Waals surface area contributed by atoms with E-state index < -0.39 is 36.4 Å². The van der Waals surface area contributed by atoms with Crippen molar-refractivity contribution < 1.29 is 34.8 Å². The molecule has 0 amide bonds. The van der Waals surface area contributed by atoms with Gasteiger partial charge in [-0.15, -0.1) is 10.2 Å². The third-order valence-electron chi connectivity index (χ3n) is 4.91. The number of pyridine rings is 1. The quantitative estimate of drug-likeness (QED) is 0.266. The van der Waals surface area contributed by atoms with Crippen LogP contribution in [0.15, 0.2) is 23.1 Å². The van der Waals surface area contributed by atoms with Gasteiger partial charge in [0.05, 0.1) is 18.4 Å². The highest BCUT2D eigenvalue weighted by Gasteiger charge is 2.40. The fourth-order valence-electron chi connectivity index (χ4n) is 3.16. The average Bonchev–Trinajstić information content (AvgIpc) is 3.17. The second kappa shape index (κ2) is 9.60. The summed E-state index contributed by atoms with van der Waals surface area (Å²) in [4.78, 5) is 41.7. The number of carboxylic acid groups (broad SMARTS) is 3. The maximum absolute atomic E-state index is 10.3. The summed E-state index contributed by atoms with van der Waals surface area (Å²) in [6, 6.07) is 2.48. The van der Waals surface area contributed by atoms with Crippen molar-refractivity contribution in [3.8, 4) is 0 Å². The number of carboxylic acids is 3. The molecule has 1 saturated heterocycles. The Balaban J connectivity index is 0.000000207. The summed E-state index contributed by atoms with van der Waals surface area (Å²) in [6.45, 7) is 1.85. The lowest BCUT2D eigenvalue weighted by Crippen LogP contribution is -2.57. The Labute approximate surface area is 194 Å². The Bertz CT molecular complexity index is 1200. The Morgan fingerprint density at radius 3 is 2.39 bits per heavy atom. The van der Waals surface area contributed by atoms with E-state index in [0.29, 0.717) is 11.7 Å². The molecule has 4 rings (SSSR count). The van der Waals surface area contributed by atoms with Crippen molar-refractivity contribution >= 4 is 56.5 Å². The number of likely N-dealkylation sites (N-methyl/N-ethyl adjacent to an activating group) is 1. The van der Waals surface area contributed by atoms with Gasteiger partial charge in [0.15, 0.2) is 17.1 Å². The van der Waals surface area contributed by atoms with Crippen LogP contribution in [0.1, 0.15) is 12.8 Å². The summed E-state index contributed by atoms with van der Waals surface area (Å²) in [7, 11) is 1.97. The van der Waals surface area contributed by atoms with Crippen LogP contribution in [-0.4, -0.2) is 94.7 Å². The lowest BCUT2D eigenvalue weighted by atomic mass is 9.96. The number of nitrogens with one attached hydrogen (secondary N) is 1. The number of halogens is 1. The van der Waals surface area contributed by atoms with Crippen LogP contribution in [0.4, 0.5) is 5.82 Å². The predicted molar refractivity (Wildman–Crippen MR) is 116 cm³/mol. The summed E-state index contributed by atoms with van der Waals surface area (Å²) < 4.78 is 2.84. The smallest absolute Gasteiger partial charge is 0.336 e. The van der Waals surface area contributed by atoms with Gasteiger partial charge >= 0.3 is 17.9 Å². The van der Waals surface area contributed by atoms with Crippen molar-refractivity contribution in [2.24, 2.45) is 0 Å². The van der Waals surface area contributed by atoms with E-state index in [4.69, 9.17) is 20.4 Å². The first-order valence-electron chi connectivity index (χ1n) is 9.50. The number of nitrogens with zero attached hydrogens (tertiary/aromatic N) is 6. The minimum absolute atomic E-state index is 0.508. The Hall–Kier alpha value is -3.43. The molecule has 0 saturated carbocycles. The molecular formula is C18H20BrN7O7. The molecule has 0 aliphatic carbocycles. The first kappa shape index (κ1) is 24.2. The molecule has 4 heterocycles. The molecule has 0 unspecified atom stereocenters. The number of hydrogen-bond donors (Lipinski definition) is 5. The van der Waals surface area contributed by atoms with Gasteiger partial charge in [-0.1, -0.05) is 0 Å². The van der Waals surface area contributed by atoms with Crippen molar-refractivity contribution in [1.82, 2.24) is 29.9 Å². The SMILES string of the molecule is CNC1CN(c2nc3ncc(Br)cc3n3cnnc23)C1.O=C(O)CC(O)(CC(=O)O)C(=O)O. The van der Waals surface area contributed by atoms with Crippen LogP contribution in [0, 0.1) is 0 Å². The van der Waals surface area contributed by atoms with E-state index in [-0.39, 0.29) is 0 Å². The summed E-state index contributed by atoms with van der Waals surface area (Å²) in [5.74, 6) is -4.18. The highest BCUT2D eigenvalue weighted by molar-refractivity contribution is 9.10. The lowest BCUT2D eigenvalue weighted by Gasteiger charge is -2.39. The van der Waals surface area contributed by atoms with Crippen molar-refractivity contribution in [3.63, 3.8) is 0 Å². The standard InChI is InChI=1S/C12H12BrN7.C6H8O7/c1-14-8-4-19(5-8)11-12-18-16-6-20(12)9-2-7(13)3-15-10(9)17-11;7-3(8)1-6(13,5(11)12)2-4(9)10/h2-3,6,8,14H,4-5H2,1H3;13H,1-2H2,(H,7,8)(H,9,10)(H,11,12). The molecular weight excluding hydrogens is 506 g/mol. The zero-order valence-electron chi connectivity index (χ0n) is 17.2. The van der Waals surface area contributed by atoms with Gasteiger partial charge in [0.1, 0.15) is 6.33 Å². The minimum atomic E-state index is -2.74. The average molecular weight is 526 g/mol. The van der Waals surface area contributed by atoms with Crippen LogP contribution in [0.3, 0.4) is 0 Å². The van der Waals surface area contributed by atoms with E-state index >= 15 is 0 Å². The third kappa shape index (κ3) is 5.32. The second-order valence-electron chi connectivity index (χ2n) is 7.32. The monoisotopic (exact) mass is 525 g/mol. The molecule has 0 atom stereocenters. The number of aromatic nitrogens is 5. The zero-order chi connectivity index (χ0) is 24.3. The van der Waals surface area contributed by atoms with Crippen molar-refractivity contribution in [3.05, 3.63) is 23.1 Å². The van der Waals surface area contributed by atoms with Gasteiger partial charge in [0.2, 0.25) is 5.65 Å². The molecule has 0 radical (unpaired) electrons. The van der Waals surface area contributed by atoms with Gasteiger partial charge in [-0.05, 0) is 29.0 Å². The van der Waals surface area contributed by atoms with Crippen LogP contribution in [0.25, 0.3) is 16.8 Å². The number of aliphatic hydroxyl groups is 1. The Morgan fingerprint density at radius 1 is 1.21 bits per heavy atom. The van der Waals surface area contributed by atoms with E-state index in [1.54, 1.807) is 12.5 Å². The highest BCUT2D eigenvalue weighted by atomic mass is 79.9. The van der Waals surface area contributed by atoms with E-state index in [1.165, 1.54) is 0 Å². The van der Waals surface area contributed by atoms with Crippen LogP contribution in [-0.2, 0) is 14.4 Å². The van der Waals surface area contributed by atoms with Crippen molar-refractivity contribution in [2.45, 2.75) is 24.5 Å². The zero-order valence-corrected chi connectivity index (χ0v) is 18.8. The van der Waals surface area contributed by atoms with Gasteiger partial charge in [-0.2, -0.15) is 0 Å². The molecule has 1 fully saturated rings. The molecule has 1 aliphatic heterocycles. The molecule has 3 aromatic rings. The van der Waals surface area contributed by atoms with Crippen LogP contribution in [0.2, 0.25) is 0 Å². The molecule has 3 aromatic heterocycles. The number of hydrogen-bond acceptors (Lipinski definition) is 10. The molecule has 1 aliphatic rings. The first-order valence-corrected chi connectivity index (χ1v) is 10.3. The maximum atomic E-state index is 10.3. The van der Waals surface area contributed by atoms with Gasteiger partial charge in [0, 0.05) is 29.8 Å². The summed E-state index contributed by atoms with van der Waals surface area (Å²) in [5, 5.41) is 45.3. The van der Waals surface area contributed by atoms with Gasteiger partial charge < -0.3 is 30.6 Å². The maximum Gasteiger partial charge on any atom is 0.336 e. The highest BCUT2D eigenvalue weighted by Crippen LogP contribution is 2.26. The fraction of sp³-hybridized carbons (Fsp3) is 0.389. The third-order valence-corrected chi connectivity index (χ3v) is 5.34. The molecule has 176 valence electrons. The number of rotatable bonds is 7. The van der Waals surface area contributed by atoms with Crippen molar-refractivity contribution in [2.75, 3.05) is 25.0 Å². The number of fused-ring (bicyclic) bond motifs is 3. The summed E-state index contributed by atoms with van der Waals surface area (Å²) >= 11 is 3.43. The van der Waals surface area contributed by atoms with Crippen LogP contribution >= 0.6 is 15.9 Å². The Morgan fingerprint density at radius 2 is 1.85 bits per heavy atom. The molecule has 14 nitrogen and oxygen atoms in total. The van der Waals surface area contributed by atoms with Crippen molar-refractivity contribution in [1.29, 1.82) is 0 Å². The minimum Gasteiger partial charge on any atom is -0.481 e. The van der Waals surface area contributed by atoms with E-state index in [0.717, 1.165) is 34.5 Å². The first-order chi connectivity index (χ1) is 15.5. The largest absolute Gasteiger partial charge is 0.481 e. The van der Waals surface area contributed by atoms with E-state index in [1.807, 2.05) is 17.5 Å². The van der Waals surface area contributed by atoms with Gasteiger partial charge in [-0.3, -0.25) is 14.0 Å². The molecule has 15 heteroatoms. The molecule has 0 bridgehead atoms. The number of anilines is 1. The van der Waals surface area contributed by atoms with E-state index in [9.17, 15) is 14.4 Å². The molecule has 5 N–H and O–H groups in total. The topological polar surface area (TPSA) is 203 Å². The summed E-state index contributed by atoms with van der Waals surface area (Å²) in [5.41, 5.74) is -0.373. The van der Waals surface area contributed by atoms with E-state index in [2.05, 4.69) is 46.3 Å². The second-order valence-corrected chi connectivity index (χ2v) is 8.24. The van der Waals surface area contributed by atoms with Gasteiger partial charge in [0.25, 0.3) is 0 Å². The predicted octanol–water partition coefficient (Wildman–Crippen LogP) is -0.405. The lowest BCUT2D eigenvalue weighted by molar-refractivity contribution is -0.170. The molecule has 0 spiro atoms. The fourth-order valence-corrected chi connectivity index (χ4v) is 3.48. The normalized spacial score (nSPS) is 14.0. The van der Waals surface area contributed by atoms with Crippen LogP contribution < -0.4 is 10.2 Å². The number of carbonyl (C=O) groups is 3. The summed E-state index contributed by atoms with van der Waals surface area (Å²) in [6.07, 6.45) is 1.16. The van der Waals surface area contributed by atoms with Gasteiger partial charge in [-0.25, -0.2) is 14.8 Å². The molecule has 33 heavy (non-hydrogen) atoms. The van der Waals surface area contributed by atoms with Crippen LogP contribution in [0.5, 0.6) is 0 Å². The Kier molecular flexibility index (Phi) is 7.04. The molecule has 0 aromatic carbocycles.